The Kier molecular flexibility index (Phi) is 3.54. The third-order valence-electron chi connectivity index (χ3n) is 4.43. The van der Waals surface area contributed by atoms with E-state index in [0.717, 1.165) is 18.9 Å². The summed E-state index contributed by atoms with van der Waals surface area (Å²) in [7, 11) is -2.99. The molecule has 100 valence electrons. The number of fused-ring (bicyclic) bond motifs is 2. The normalized spacial score (nSPS) is 33.9. The summed E-state index contributed by atoms with van der Waals surface area (Å²) in [6.45, 7) is 7.74. The summed E-state index contributed by atoms with van der Waals surface area (Å²) in [6, 6.07) is 0.509. The van der Waals surface area contributed by atoms with E-state index >= 15 is 0 Å². The molecule has 2 bridgehead atoms. The quantitative estimate of drug-likeness (QED) is 0.799. The average molecular weight is 260 g/mol. The van der Waals surface area contributed by atoms with Crippen molar-refractivity contribution < 1.29 is 8.42 Å². The van der Waals surface area contributed by atoms with E-state index in [4.69, 9.17) is 0 Å². The fourth-order valence-electron chi connectivity index (χ4n) is 2.73. The Morgan fingerprint density at radius 2 is 1.94 bits per heavy atom. The van der Waals surface area contributed by atoms with Crippen molar-refractivity contribution in [2.45, 2.75) is 37.5 Å². The van der Waals surface area contributed by atoms with Crippen molar-refractivity contribution in [2.24, 2.45) is 5.92 Å². The fraction of sp³-hybridized carbons (Fsp3) is 1.00. The molecule has 2 saturated heterocycles. The van der Waals surface area contributed by atoms with Crippen LogP contribution in [-0.4, -0.2) is 56.5 Å². The molecule has 0 saturated carbocycles. The molecule has 0 radical (unpaired) electrons. The lowest BCUT2D eigenvalue weighted by atomic mass is 9.94. The number of piperidine rings is 1. The van der Waals surface area contributed by atoms with Crippen molar-refractivity contribution in [3.05, 3.63) is 0 Å². The van der Waals surface area contributed by atoms with Gasteiger partial charge in [-0.15, -0.1) is 0 Å². The predicted octanol–water partition coefficient (Wildman–Crippen LogP) is 0.493. The Labute approximate surface area is 105 Å². The first-order valence-electron chi connectivity index (χ1n) is 6.45. The highest BCUT2D eigenvalue weighted by Gasteiger charge is 2.36. The fourth-order valence-corrected chi connectivity index (χ4v) is 3.07. The minimum atomic E-state index is -2.99. The molecule has 0 aliphatic carbocycles. The van der Waals surface area contributed by atoms with Gasteiger partial charge in [0.2, 0.25) is 0 Å². The van der Waals surface area contributed by atoms with Crippen LogP contribution in [0.3, 0.4) is 0 Å². The first kappa shape index (κ1) is 13.3. The van der Waals surface area contributed by atoms with Crippen LogP contribution in [0.15, 0.2) is 0 Å². The van der Waals surface area contributed by atoms with Gasteiger partial charge < -0.3 is 10.2 Å². The van der Waals surface area contributed by atoms with Crippen LogP contribution in [0.4, 0.5) is 0 Å². The molecule has 3 unspecified atom stereocenters. The molecule has 17 heavy (non-hydrogen) atoms. The molecule has 0 aromatic heterocycles. The molecule has 4 nitrogen and oxygen atoms in total. The van der Waals surface area contributed by atoms with E-state index in [2.05, 4.69) is 10.2 Å². The van der Waals surface area contributed by atoms with Gasteiger partial charge >= 0.3 is 0 Å². The topological polar surface area (TPSA) is 49.4 Å². The zero-order valence-corrected chi connectivity index (χ0v) is 11.9. The highest BCUT2D eigenvalue weighted by Crippen LogP contribution is 2.27. The average Bonchev–Trinajstić information content (AvgIpc) is 2.58. The minimum absolute atomic E-state index is 0.509. The van der Waals surface area contributed by atoms with Crippen LogP contribution < -0.4 is 5.32 Å². The van der Waals surface area contributed by atoms with Crippen molar-refractivity contribution in [1.29, 1.82) is 0 Å². The second-order valence-corrected chi connectivity index (χ2v) is 8.81. The van der Waals surface area contributed by atoms with Crippen molar-refractivity contribution in [3.63, 3.8) is 0 Å². The summed E-state index contributed by atoms with van der Waals surface area (Å²) in [5.74, 6) is 0.721. The van der Waals surface area contributed by atoms with E-state index in [0.29, 0.717) is 12.6 Å². The molecule has 0 amide bonds. The Bertz CT molecular complexity index is 378. The summed E-state index contributed by atoms with van der Waals surface area (Å²) in [5.41, 5.74) is 0. The number of hydrogen-bond donors (Lipinski definition) is 1. The van der Waals surface area contributed by atoms with Crippen molar-refractivity contribution in [3.8, 4) is 0 Å². The first-order valence-corrected chi connectivity index (χ1v) is 8.34. The zero-order valence-electron chi connectivity index (χ0n) is 11.1. The molecular weight excluding hydrogens is 236 g/mol. The first-order chi connectivity index (χ1) is 7.79. The van der Waals surface area contributed by atoms with Gasteiger partial charge in [-0.25, -0.2) is 8.42 Å². The lowest BCUT2D eigenvalue weighted by Crippen LogP contribution is -2.50. The third kappa shape index (κ3) is 2.83. The van der Waals surface area contributed by atoms with Crippen LogP contribution in [0.2, 0.25) is 0 Å². The number of rotatable bonds is 4. The Morgan fingerprint density at radius 3 is 2.59 bits per heavy atom. The monoisotopic (exact) mass is 260 g/mol. The molecule has 2 aliphatic heterocycles. The smallest absolute Gasteiger partial charge is 0.153 e. The summed E-state index contributed by atoms with van der Waals surface area (Å²) < 4.78 is 22.6. The number of hydrogen-bond acceptors (Lipinski definition) is 4. The van der Waals surface area contributed by atoms with Crippen LogP contribution >= 0.6 is 0 Å². The molecule has 1 N–H and O–H groups in total. The largest absolute Gasteiger partial charge is 0.312 e. The van der Waals surface area contributed by atoms with Gasteiger partial charge in [0.25, 0.3) is 0 Å². The Hall–Kier alpha value is -0.130. The highest BCUT2D eigenvalue weighted by atomic mass is 32.2. The van der Waals surface area contributed by atoms with Crippen molar-refractivity contribution >= 4 is 9.84 Å². The van der Waals surface area contributed by atoms with E-state index in [1.165, 1.54) is 25.8 Å². The van der Waals surface area contributed by atoms with Gasteiger partial charge in [0.1, 0.15) is 0 Å². The van der Waals surface area contributed by atoms with E-state index in [-0.39, 0.29) is 0 Å². The van der Waals surface area contributed by atoms with Gasteiger partial charge in [-0.1, -0.05) is 0 Å². The van der Waals surface area contributed by atoms with Crippen LogP contribution in [0, 0.1) is 5.92 Å². The number of sulfone groups is 1. The molecule has 2 fully saturated rings. The van der Waals surface area contributed by atoms with Gasteiger partial charge in [-0.3, -0.25) is 0 Å². The molecule has 5 heteroatoms. The maximum atomic E-state index is 11.6. The second-order valence-electron chi connectivity index (χ2n) is 6.16. The lowest BCUT2D eigenvalue weighted by Gasteiger charge is -2.33. The maximum Gasteiger partial charge on any atom is 0.153 e. The van der Waals surface area contributed by atoms with Gasteiger partial charge in [-0.05, 0) is 45.7 Å². The van der Waals surface area contributed by atoms with Gasteiger partial charge in [0.15, 0.2) is 9.84 Å². The van der Waals surface area contributed by atoms with Crippen molar-refractivity contribution in [2.75, 3.05) is 32.4 Å². The minimum Gasteiger partial charge on any atom is -0.312 e. The number of nitrogens with one attached hydrogen (secondary N) is 1. The number of nitrogens with zero attached hydrogens (tertiary/aromatic N) is 1. The molecule has 2 aliphatic rings. The van der Waals surface area contributed by atoms with Crippen LogP contribution in [-0.2, 0) is 9.84 Å². The summed E-state index contributed by atoms with van der Waals surface area (Å²) in [6.07, 6.45) is 3.74. The van der Waals surface area contributed by atoms with E-state index in [1.807, 2.05) is 0 Å². The van der Waals surface area contributed by atoms with Gasteiger partial charge in [0, 0.05) is 25.4 Å². The predicted molar refractivity (Wildman–Crippen MR) is 69.9 cm³/mol. The zero-order chi connectivity index (χ0) is 12.7. The van der Waals surface area contributed by atoms with E-state index in [9.17, 15) is 8.42 Å². The van der Waals surface area contributed by atoms with E-state index in [1.54, 1.807) is 13.8 Å². The van der Waals surface area contributed by atoms with Crippen LogP contribution in [0.1, 0.15) is 26.7 Å². The summed E-state index contributed by atoms with van der Waals surface area (Å²) >= 11 is 0. The van der Waals surface area contributed by atoms with Crippen LogP contribution in [0.5, 0.6) is 0 Å². The van der Waals surface area contributed by atoms with E-state index < -0.39 is 14.6 Å². The van der Waals surface area contributed by atoms with Gasteiger partial charge in [-0.2, -0.15) is 0 Å². The highest BCUT2D eigenvalue weighted by molar-refractivity contribution is 7.92. The SMILES string of the molecule is CC(C)(CNC1CCN2CCC1C2)S(C)(=O)=O. The van der Waals surface area contributed by atoms with Crippen molar-refractivity contribution in [1.82, 2.24) is 10.2 Å². The second kappa shape index (κ2) is 4.52. The molecule has 0 aromatic rings. The maximum absolute atomic E-state index is 11.6. The molecule has 0 aromatic carbocycles. The third-order valence-corrected chi connectivity index (χ3v) is 6.58. The Balaban J connectivity index is 1.90. The lowest BCUT2D eigenvalue weighted by molar-refractivity contribution is 0.219. The molecule has 2 rings (SSSR count). The molecule has 0 spiro atoms. The van der Waals surface area contributed by atoms with Gasteiger partial charge in [0.05, 0.1) is 4.75 Å². The van der Waals surface area contributed by atoms with Crippen LogP contribution in [0.25, 0.3) is 0 Å². The summed E-state index contributed by atoms with van der Waals surface area (Å²) in [4.78, 5) is 2.50. The summed E-state index contributed by atoms with van der Waals surface area (Å²) in [5, 5.41) is 3.49. The standard InChI is InChI=1S/C12H24N2O2S/c1-12(2,17(3,15)16)9-13-11-5-7-14-6-4-10(11)8-14/h10-11,13H,4-9H2,1-3H3. The molecule has 2 heterocycles. The molecular formula is C12H24N2O2S. The molecule has 3 atom stereocenters. The Morgan fingerprint density at radius 1 is 1.29 bits per heavy atom.